The molecule has 4 rings (SSSR count). The van der Waals surface area contributed by atoms with Crippen LogP contribution in [0.15, 0.2) is 69.2 Å². The standard InChI is InChI=1S/C20H16N6O3S/c1-12-7-9-14(10-8-12)16-11-30-20(21-16)25-19(27)18(13(2)24-25)23-22-15-5-3-4-6-17(15)26(28)29/h3-11,18H,1-2H3. The van der Waals surface area contributed by atoms with Crippen LogP contribution >= 0.6 is 11.3 Å². The van der Waals surface area contributed by atoms with Gasteiger partial charge in [0.1, 0.15) is 0 Å². The highest BCUT2D eigenvalue weighted by atomic mass is 32.1. The molecule has 0 aliphatic carbocycles. The molecule has 1 amide bonds. The average molecular weight is 420 g/mol. The average Bonchev–Trinajstić information content (AvgIpc) is 3.32. The Kier molecular flexibility index (Phi) is 5.15. The Morgan fingerprint density at radius 3 is 2.60 bits per heavy atom. The minimum atomic E-state index is -0.948. The van der Waals surface area contributed by atoms with Crippen LogP contribution in [0.1, 0.15) is 12.5 Å². The molecule has 0 N–H and O–H groups in total. The third-order valence-electron chi connectivity index (χ3n) is 4.48. The maximum absolute atomic E-state index is 12.8. The molecule has 1 aromatic heterocycles. The molecule has 0 bridgehead atoms. The van der Waals surface area contributed by atoms with Crippen LogP contribution < -0.4 is 5.01 Å². The van der Waals surface area contributed by atoms with Gasteiger partial charge in [0.05, 0.1) is 16.3 Å². The number of nitrogens with zero attached hydrogens (tertiary/aromatic N) is 6. The zero-order valence-electron chi connectivity index (χ0n) is 16.1. The van der Waals surface area contributed by atoms with Gasteiger partial charge in [-0.1, -0.05) is 42.0 Å². The molecule has 1 unspecified atom stereocenters. The van der Waals surface area contributed by atoms with E-state index in [0.717, 1.165) is 16.8 Å². The Balaban J connectivity index is 1.56. The Labute approximate surface area is 175 Å². The summed E-state index contributed by atoms with van der Waals surface area (Å²) in [5, 5.41) is 26.9. The second-order valence-corrected chi connectivity index (χ2v) is 7.47. The number of nitro benzene ring substituents is 1. The Morgan fingerprint density at radius 1 is 1.13 bits per heavy atom. The first-order valence-electron chi connectivity index (χ1n) is 9.00. The molecule has 0 saturated heterocycles. The zero-order chi connectivity index (χ0) is 21.3. The maximum atomic E-state index is 12.8. The van der Waals surface area contributed by atoms with E-state index in [1.165, 1.54) is 28.5 Å². The monoisotopic (exact) mass is 420 g/mol. The van der Waals surface area contributed by atoms with Crippen molar-refractivity contribution in [1.82, 2.24) is 4.98 Å². The smallest absolute Gasteiger partial charge is 0.269 e. The van der Waals surface area contributed by atoms with Crippen LogP contribution in [-0.2, 0) is 4.79 Å². The largest absolute Gasteiger partial charge is 0.296 e. The van der Waals surface area contributed by atoms with Gasteiger partial charge in [0.15, 0.2) is 11.7 Å². The van der Waals surface area contributed by atoms with Crippen LogP contribution in [0.2, 0.25) is 0 Å². The lowest BCUT2D eigenvalue weighted by molar-refractivity contribution is -0.384. The molecule has 0 fully saturated rings. The number of para-hydroxylation sites is 1. The van der Waals surface area contributed by atoms with Gasteiger partial charge in [-0.3, -0.25) is 14.9 Å². The van der Waals surface area contributed by atoms with E-state index in [2.05, 4.69) is 20.3 Å². The molecular weight excluding hydrogens is 404 g/mol. The van der Waals surface area contributed by atoms with Crippen LogP contribution in [-0.4, -0.2) is 27.6 Å². The van der Waals surface area contributed by atoms with Gasteiger partial charge >= 0.3 is 0 Å². The summed E-state index contributed by atoms with van der Waals surface area (Å²) in [6, 6.07) is 13.0. The lowest BCUT2D eigenvalue weighted by Crippen LogP contribution is -2.29. The number of azo groups is 1. The fourth-order valence-corrected chi connectivity index (χ4v) is 3.66. The molecule has 0 spiro atoms. The predicted molar refractivity (Wildman–Crippen MR) is 114 cm³/mol. The van der Waals surface area contributed by atoms with Crippen LogP contribution in [0.5, 0.6) is 0 Å². The number of thiazole rings is 1. The lowest BCUT2D eigenvalue weighted by atomic mass is 10.1. The highest BCUT2D eigenvalue weighted by Crippen LogP contribution is 2.32. The normalized spacial score (nSPS) is 16.3. The van der Waals surface area contributed by atoms with Crippen LogP contribution in [0.4, 0.5) is 16.5 Å². The van der Waals surface area contributed by atoms with Crippen LogP contribution in [0.25, 0.3) is 11.3 Å². The number of hydrogen-bond donors (Lipinski definition) is 0. The molecule has 1 atom stereocenters. The second kappa shape index (κ2) is 7.91. The lowest BCUT2D eigenvalue weighted by Gasteiger charge is -2.08. The molecule has 0 saturated carbocycles. The highest BCUT2D eigenvalue weighted by Gasteiger charge is 2.36. The molecule has 1 aliphatic rings. The second-order valence-electron chi connectivity index (χ2n) is 6.64. The van der Waals surface area contributed by atoms with Gasteiger partial charge in [-0.05, 0) is 19.9 Å². The van der Waals surface area contributed by atoms with E-state index in [1.807, 2.05) is 36.6 Å². The number of carbonyl (C=O) groups excluding carboxylic acids is 1. The molecule has 2 aromatic carbocycles. The molecule has 3 aromatic rings. The minimum Gasteiger partial charge on any atom is -0.269 e. The van der Waals surface area contributed by atoms with E-state index in [4.69, 9.17) is 0 Å². The number of aryl methyl sites for hydroxylation is 1. The van der Waals surface area contributed by atoms with E-state index < -0.39 is 16.9 Å². The number of anilines is 1. The number of amides is 1. The van der Waals surface area contributed by atoms with Crippen molar-refractivity contribution in [3.63, 3.8) is 0 Å². The molecular formula is C20H16N6O3S. The molecule has 10 heteroatoms. The van der Waals surface area contributed by atoms with Gasteiger partial charge in [0, 0.05) is 17.0 Å². The van der Waals surface area contributed by atoms with Crippen molar-refractivity contribution in [2.45, 2.75) is 19.9 Å². The first-order valence-corrected chi connectivity index (χ1v) is 9.88. The fraction of sp³-hybridized carbons (Fsp3) is 0.150. The summed E-state index contributed by atoms with van der Waals surface area (Å²) in [4.78, 5) is 27.9. The quantitative estimate of drug-likeness (QED) is 0.332. The van der Waals surface area contributed by atoms with Gasteiger partial charge in [-0.15, -0.1) is 16.5 Å². The number of aromatic nitrogens is 1. The minimum absolute atomic E-state index is 0.0810. The number of benzene rings is 2. The van der Waals surface area contributed by atoms with Crippen molar-refractivity contribution < 1.29 is 9.72 Å². The van der Waals surface area contributed by atoms with Crippen molar-refractivity contribution in [3.05, 3.63) is 69.6 Å². The van der Waals surface area contributed by atoms with Crippen molar-refractivity contribution in [2.75, 3.05) is 5.01 Å². The van der Waals surface area contributed by atoms with Gasteiger partial charge < -0.3 is 0 Å². The van der Waals surface area contributed by atoms with Crippen molar-refractivity contribution in [1.29, 1.82) is 0 Å². The van der Waals surface area contributed by atoms with Crippen molar-refractivity contribution in [3.8, 4) is 11.3 Å². The van der Waals surface area contributed by atoms with Crippen molar-refractivity contribution >= 4 is 39.5 Å². The number of hydrazone groups is 1. The fourth-order valence-electron chi connectivity index (χ4n) is 2.87. The first-order chi connectivity index (χ1) is 14.4. The maximum Gasteiger partial charge on any atom is 0.296 e. The number of rotatable bonds is 5. The Hall–Kier alpha value is -3.79. The summed E-state index contributed by atoms with van der Waals surface area (Å²) in [5.74, 6) is -0.403. The summed E-state index contributed by atoms with van der Waals surface area (Å²) >= 11 is 1.30. The van der Waals surface area contributed by atoms with Gasteiger partial charge in [-0.2, -0.15) is 15.2 Å². The number of hydrogen-bond acceptors (Lipinski definition) is 8. The van der Waals surface area contributed by atoms with E-state index in [1.54, 1.807) is 19.1 Å². The summed E-state index contributed by atoms with van der Waals surface area (Å²) in [7, 11) is 0. The number of carbonyl (C=O) groups is 1. The Bertz CT molecular complexity index is 1190. The predicted octanol–water partition coefficient (Wildman–Crippen LogP) is 4.90. The van der Waals surface area contributed by atoms with E-state index >= 15 is 0 Å². The molecule has 30 heavy (non-hydrogen) atoms. The van der Waals surface area contributed by atoms with Gasteiger partial charge in [0.25, 0.3) is 11.6 Å². The van der Waals surface area contributed by atoms with E-state index in [9.17, 15) is 14.9 Å². The van der Waals surface area contributed by atoms with E-state index in [-0.39, 0.29) is 11.4 Å². The molecule has 2 heterocycles. The SMILES string of the molecule is CC1=NN(c2nc(-c3ccc(C)cc3)cs2)C(=O)C1N=Nc1ccccc1[N+](=O)[O-]. The van der Waals surface area contributed by atoms with Gasteiger partial charge in [-0.25, -0.2) is 4.98 Å². The van der Waals surface area contributed by atoms with E-state index in [0.29, 0.717) is 10.8 Å². The third kappa shape index (κ3) is 3.72. The molecule has 9 nitrogen and oxygen atoms in total. The third-order valence-corrected chi connectivity index (χ3v) is 5.29. The molecule has 0 radical (unpaired) electrons. The number of nitro groups is 1. The topological polar surface area (TPSA) is 113 Å². The van der Waals surface area contributed by atoms with Crippen molar-refractivity contribution in [2.24, 2.45) is 15.3 Å². The van der Waals surface area contributed by atoms with Crippen LogP contribution in [0, 0.1) is 17.0 Å². The Morgan fingerprint density at radius 2 is 1.87 bits per heavy atom. The van der Waals surface area contributed by atoms with Gasteiger partial charge in [0.2, 0.25) is 5.13 Å². The first kappa shape index (κ1) is 19.5. The summed E-state index contributed by atoms with van der Waals surface area (Å²) < 4.78 is 0. The zero-order valence-corrected chi connectivity index (χ0v) is 16.9. The molecule has 1 aliphatic heterocycles. The summed E-state index contributed by atoms with van der Waals surface area (Å²) in [6.07, 6.45) is 0. The van der Waals surface area contributed by atoms with Crippen LogP contribution in [0.3, 0.4) is 0 Å². The summed E-state index contributed by atoms with van der Waals surface area (Å²) in [5.41, 5.74) is 3.19. The highest BCUT2D eigenvalue weighted by molar-refractivity contribution is 7.14. The summed E-state index contributed by atoms with van der Waals surface area (Å²) in [6.45, 7) is 3.67. The molecule has 150 valence electrons.